The van der Waals surface area contributed by atoms with E-state index < -0.39 is 7.82 Å². The maximum Gasteiger partial charge on any atom is 0.491 e. The number of nitrogens with zero attached hydrogens (tertiary/aromatic N) is 1. The Hall–Kier alpha value is -0.0100. The summed E-state index contributed by atoms with van der Waals surface area (Å²) in [6.07, 6.45) is 32.9. The maximum atomic E-state index is 13.3. The van der Waals surface area contributed by atoms with Gasteiger partial charge in [0.25, 0.3) is 0 Å². The number of phosphoric acid groups is 1. The third-order valence-electron chi connectivity index (χ3n) is 7.91. The molecule has 254 valence electrons. The topological polar surface area (TPSA) is 88.5 Å². The van der Waals surface area contributed by atoms with Gasteiger partial charge in [-0.2, -0.15) is 9.69 Å². The molecular formula is C34H72NO6P. The number of hydrogen-bond acceptors (Lipinski definition) is 7. The van der Waals surface area contributed by atoms with E-state index in [1.54, 1.807) is 0 Å². The zero-order valence-electron chi connectivity index (χ0n) is 28.0. The molecule has 1 atom stereocenters. The maximum absolute atomic E-state index is 13.3. The van der Waals surface area contributed by atoms with Crippen molar-refractivity contribution in [1.82, 2.24) is 5.06 Å². The van der Waals surface area contributed by atoms with E-state index in [4.69, 9.17) is 13.7 Å². The fraction of sp³-hybridized carbons (Fsp3) is 1.00. The van der Waals surface area contributed by atoms with Crippen molar-refractivity contribution in [3.63, 3.8) is 0 Å². The molecule has 0 saturated heterocycles. The molecule has 0 spiro atoms. The van der Waals surface area contributed by atoms with E-state index in [2.05, 4.69) is 13.8 Å². The molecule has 0 aliphatic heterocycles. The van der Waals surface area contributed by atoms with Gasteiger partial charge >= 0.3 is 7.82 Å². The minimum Gasteiger partial charge on any atom is -0.395 e. The van der Waals surface area contributed by atoms with Crippen LogP contribution < -0.4 is 0 Å². The van der Waals surface area contributed by atoms with Crippen molar-refractivity contribution in [3.8, 4) is 0 Å². The zero-order chi connectivity index (χ0) is 30.8. The van der Waals surface area contributed by atoms with Crippen molar-refractivity contribution in [1.29, 1.82) is 0 Å². The van der Waals surface area contributed by atoms with Gasteiger partial charge in [-0.25, -0.2) is 4.57 Å². The van der Waals surface area contributed by atoms with Crippen molar-refractivity contribution in [3.05, 3.63) is 0 Å². The summed E-state index contributed by atoms with van der Waals surface area (Å²) in [4.78, 5) is 0. The van der Waals surface area contributed by atoms with Crippen molar-refractivity contribution < 1.29 is 28.5 Å². The van der Waals surface area contributed by atoms with E-state index in [0.717, 1.165) is 38.5 Å². The number of hydroxylamine groups is 2. The number of rotatable bonds is 36. The summed E-state index contributed by atoms with van der Waals surface area (Å²) in [5.41, 5.74) is 0. The van der Waals surface area contributed by atoms with Crippen molar-refractivity contribution in [2.75, 3.05) is 39.5 Å². The molecule has 0 amide bonds. The predicted octanol–water partition coefficient (Wildman–Crippen LogP) is 10.5. The van der Waals surface area contributed by atoms with E-state index >= 15 is 0 Å². The molecule has 0 fully saturated rings. The average molecular weight is 622 g/mol. The summed E-state index contributed by atoms with van der Waals surface area (Å²) in [5, 5.41) is 19.9. The van der Waals surface area contributed by atoms with Gasteiger partial charge in [0.1, 0.15) is 0 Å². The summed E-state index contributed by atoms with van der Waals surface area (Å²) in [5.74, 6) is 0. The van der Waals surface area contributed by atoms with Crippen LogP contribution >= 0.6 is 7.82 Å². The van der Waals surface area contributed by atoms with Crippen LogP contribution in [0.4, 0.5) is 0 Å². The molecular weight excluding hydrogens is 549 g/mol. The van der Waals surface area contributed by atoms with Crippen LogP contribution in [0.1, 0.15) is 181 Å². The van der Waals surface area contributed by atoms with Gasteiger partial charge in [-0.15, -0.1) is 0 Å². The van der Waals surface area contributed by atoms with Gasteiger partial charge in [0.15, 0.2) is 0 Å². The minimum atomic E-state index is -3.80. The number of phosphoric ester groups is 1. The summed E-state index contributed by atoms with van der Waals surface area (Å²) in [7, 11) is -3.80. The molecule has 1 unspecified atom stereocenters. The molecule has 0 bridgehead atoms. The zero-order valence-corrected chi connectivity index (χ0v) is 28.9. The fourth-order valence-electron chi connectivity index (χ4n) is 5.23. The number of hydrogen-bond donors (Lipinski definition) is 2. The van der Waals surface area contributed by atoms with Crippen LogP contribution in [0.15, 0.2) is 0 Å². The first kappa shape index (κ1) is 42.0. The molecule has 0 radical (unpaired) electrons. The fourth-order valence-corrected chi connectivity index (χ4v) is 6.56. The molecule has 42 heavy (non-hydrogen) atoms. The molecule has 0 aliphatic rings. The molecule has 0 saturated carbocycles. The van der Waals surface area contributed by atoms with Gasteiger partial charge in [-0.05, 0) is 12.8 Å². The van der Waals surface area contributed by atoms with Crippen molar-refractivity contribution >= 4 is 7.82 Å². The Kier molecular flexibility index (Phi) is 33.9. The summed E-state index contributed by atoms with van der Waals surface area (Å²) in [6.45, 7) is 5.09. The second kappa shape index (κ2) is 33.9. The predicted molar refractivity (Wildman–Crippen MR) is 178 cm³/mol. The number of unbranched alkanes of at least 4 members (excludes halogenated alkanes) is 24. The first-order valence-corrected chi connectivity index (χ1v) is 19.6. The quantitative estimate of drug-likeness (QED) is 0.0409. The Bertz CT molecular complexity index is 562. The first-order valence-electron chi connectivity index (χ1n) is 18.2. The van der Waals surface area contributed by atoms with Gasteiger partial charge in [0, 0.05) is 13.1 Å². The normalized spacial score (nSPS) is 13.3. The lowest BCUT2D eigenvalue weighted by Crippen LogP contribution is -2.30. The van der Waals surface area contributed by atoms with Crippen LogP contribution in [0.25, 0.3) is 0 Å². The highest BCUT2D eigenvalue weighted by Crippen LogP contribution is 2.50. The summed E-state index contributed by atoms with van der Waals surface area (Å²) >= 11 is 0. The minimum absolute atomic E-state index is 0.134. The van der Waals surface area contributed by atoms with Crippen LogP contribution in [0.5, 0.6) is 0 Å². The standard InChI is InChI=1S/C34H72NO6P/c1-3-5-7-9-11-13-15-16-17-18-19-20-22-24-26-28-34-40-42(38,41-35(29-31-36)30-32-37)39-33-27-25-23-21-14-12-10-8-6-4-2/h36-37H,3-34H2,1-2H3. The highest BCUT2D eigenvalue weighted by Gasteiger charge is 2.30. The molecule has 0 aliphatic carbocycles. The smallest absolute Gasteiger partial charge is 0.395 e. The second-order valence-corrected chi connectivity index (χ2v) is 13.6. The SMILES string of the molecule is CCCCCCCCCCCCCCCCCCOP(=O)(OCCCCCCCCCCCC)ON(CCO)CCO. The third kappa shape index (κ3) is 30.0. The molecule has 0 rings (SSSR count). The monoisotopic (exact) mass is 622 g/mol. The lowest BCUT2D eigenvalue weighted by Gasteiger charge is -2.25. The lowest BCUT2D eigenvalue weighted by atomic mass is 10.0. The van der Waals surface area contributed by atoms with E-state index in [1.165, 1.54) is 133 Å². The molecule has 0 aromatic rings. The Morgan fingerprint density at radius 3 is 0.976 bits per heavy atom. The molecule has 7 nitrogen and oxygen atoms in total. The van der Waals surface area contributed by atoms with E-state index in [-0.39, 0.29) is 26.3 Å². The van der Waals surface area contributed by atoms with Gasteiger partial charge in [-0.1, -0.05) is 168 Å². The van der Waals surface area contributed by atoms with Crippen LogP contribution in [0, 0.1) is 0 Å². The van der Waals surface area contributed by atoms with Gasteiger partial charge in [0.2, 0.25) is 0 Å². The molecule has 0 aromatic heterocycles. The molecule has 2 N–H and O–H groups in total. The van der Waals surface area contributed by atoms with Crippen molar-refractivity contribution in [2.24, 2.45) is 0 Å². The van der Waals surface area contributed by atoms with E-state index in [9.17, 15) is 14.8 Å². The molecule has 0 aromatic carbocycles. The number of aliphatic hydroxyl groups excluding tert-OH is 2. The van der Waals surface area contributed by atoms with Crippen molar-refractivity contribution in [2.45, 2.75) is 181 Å². The largest absolute Gasteiger partial charge is 0.491 e. The summed E-state index contributed by atoms with van der Waals surface area (Å²) in [6, 6.07) is 0. The highest BCUT2D eigenvalue weighted by atomic mass is 31.2. The van der Waals surface area contributed by atoms with E-state index in [0.29, 0.717) is 13.2 Å². The van der Waals surface area contributed by atoms with Gasteiger partial charge in [-0.3, -0.25) is 9.05 Å². The molecule has 0 heterocycles. The van der Waals surface area contributed by atoms with E-state index in [1.807, 2.05) is 0 Å². The second-order valence-electron chi connectivity index (χ2n) is 12.1. The Morgan fingerprint density at radius 2 is 0.714 bits per heavy atom. The van der Waals surface area contributed by atoms with Crippen LogP contribution in [-0.2, 0) is 18.2 Å². The third-order valence-corrected chi connectivity index (χ3v) is 9.34. The highest BCUT2D eigenvalue weighted by molar-refractivity contribution is 7.48. The Balaban J connectivity index is 4.00. The van der Waals surface area contributed by atoms with Crippen LogP contribution in [-0.4, -0.2) is 54.8 Å². The van der Waals surface area contributed by atoms with Gasteiger partial charge in [0.05, 0.1) is 26.4 Å². The van der Waals surface area contributed by atoms with Crippen LogP contribution in [0.3, 0.4) is 0 Å². The Morgan fingerprint density at radius 1 is 0.452 bits per heavy atom. The Labute approximate surface area is 261 Å². The molecule has 8 heteroatoms. The van der Waals surface area contributed by atoms with Gasteiger partial charge < -0.3 is 10.2 Å². The van der Waals surface area contributed by atoms with Crippen LogP contribution in [0.2, 0.25) is 0 Å². The first-order chi connectivity index (χ1) is 20.6. The average Bonchev–Trinajstić information content (AvgIpc) is 2.98. The number of aliphatic hydroxyl groups is 2. The lowest BCUT2D eigenvalue weighted by molar-refractivity contribution is -0.105. The summed E-state index contributed by atoms with van der Waals surface area (Å²) < 4.78 is 30.2.